The van der Waals surface area contributed by atoms with Crippen LogP contribution in [0.3, 0.4) is 0 Å². The second kappa shape index (κ2) is 16.0. The van der Waals surface area contributed by atoms with Crippen LogP contribution in [0.2, 0.25) is 0 Å². The van der Waals surface area contributed by atoms with Gasteiger partial charge in [-0.15, -0.1) is 0 Å². The third-order valence-electron chi connectivity index (χ3n) is 6.02. The summed E-state index contributed by atoms with van der Waals surface area (Å²) in [4.78, 5) is 24.1. The molecule has 0 aliphatic carbocycles. The maximum atomic E-state index is 14.9. The van der Waals surface area contributed by atoms with Crippen molar-refractivity contribution in [2.24, 2.45) is 0 Å². The van der Waals surface area contributed by atoms with Crippen LogP contribution in [-0.4, -0.2) is 38.9 Å². The van der Waals surface area contributed by atoms with Crippen LogP contribution in [0.15, 0.2) is 66.7 Å². The van der Waals surface area contributed by atoms with Gasteiger partial charge in [-0.05, 0) is 79.4 Å². The zero-order chi connectivity index (χ0) is 31.2. The minimum atomic E-state index is -3.63. The zero-order valence-corrected chi connectivity index (χ0v) is 24.1. The molecule has 11 heteroatoms. The van der Waals surface area contributed by atoms with Crippen molar-refractivity contribution < 1.29 is 42.1 Å². The van der Waals surface area contributed by atoms with E-state index in [9.17, 15) is 18.4 Å². The number of nitrogens with two attached hydrogens (primary N) is 2. The van der Waals surface area contributed by atoms with Crippen molar-refractivity contribution in [1.82, 2.24) is 0 Å². The van der Waals surface area contributed by atoms with Gasteiger partial charge in [0.15, 0.2) is 11.5 Å². The molecule has 3 aromatic rings. The number of hydrogen-bond acceptors (Lipinski definition) is 9. The van der Waals surface area contributed by atoms with Crippen molar-refractivity contribution in [3.05, 3.63) is 83.4 Å². The topological polar surface area (TPSA) is 132 Å². The summed E-state index contributed by atoms with van der Waals surface area (Å²) in [6.45, 7) is 2.75. The predicted octanol–water partition coefficient (Wildman–Crippen LogP) is 6.36. The number of alkyl halides is 2. The highest BCUT2D eigenvalue weighted by molar-refractivity contribution is 5.91. The number of carbonyl (C=O) groups is 2. The number of esters is 2. The first-order chi connectivity index (χ1) is 20.6. The minimum absolute atomic E-state index is 0.0631. The molecule has 0 heterocycles. The fraction of sp³-hybridized carbons (Fsp3) is 0.312. The molecule has 3 rings (SSSR count). The highest BCUT2D eigenvalue weighted by Gasteiger charge is 2.35. The molecule has 230 valence electrons. The van der Waals surface area contributed by atoms with E-state index < -0.39 is 18.0 Å². The summed E-state index contributed by atoms with van der Waals surface area (Å²) >= 11 is 0. The van der Waals surface area contributed by atoms with E-state index in [4.69, 9.17) is 35.2 Å². The van der Waals surface area contributed by atoms with Gasteiger partial charge >= 0.3 is 18.0 Å². The van der Waals surface area contributed by atoms with Gasteiger partial charge in [-0.1, -0.05) is 25.5 Å². The second-order valence-electron chi connectivity index (χ2n) is 9.49. The number of nitrogen functional groups attached to an aromatic ring is 2. The van der Waals surface area contributed by atoms with Crippen molar-refractivity contribution in [2.45, 2.75) is 38.7 Å². The van der Waals surface area contributed by atoms with Gasteiger partial charge in [-0.2, -0.15) is 8.78 Å². The molecule has 9 nitrogen and oxygen atoms in total. The molecule has 0 spiro atoms. The lowest BCUT2D eigenvalue weighted by Gasteiger charge is -2.20. The van der Waals surface area contributed by atoms with Gasteiger partial charge in [-0.3, -0.25) is 0 Å². The number of unbranched alkanes of at least 4 members (excludes halogenated alkanes) is 2. The van der Waals surface area contributed by atoms with Crippen LogP contribution in [0.4, 0.5) is 20.2 Å². The van der Waals surface area contributed by atoms with Crippen LogP contribution < -0.4 is 25.7 Å². The molecule has 0 bridgehead atoms. The molecule has 0 aliphatic heterocycles. The Morgan fingerprint density at radius 3 is 2.16 bits per heavy atom. The monoisotopic (exact) mass is 598 g/mol. The molecular formula is C32H36F2N2O7. The highest BCUT2D eigenvalue weighted by atomic mass is 19.3. The van der Waals surface area contributed by atoms with Gasteiger partial charge in [0.1, 0.15) is 5.75 Å². The molecule has 3 aromatic carbocycles. The lowest BCUT2D eigenvalue weighted by atomic mass is 10.1. The van der Waals surface area contributed by atoms with E-state index >= 15 is 0 Å². The maximum Gasteiger partial charge on any atom is 0.426 e. The Hall–Kier alpha value is -4.80. The first-order valence-electron chi connectivity index (χ1n) is 13.8. The Morgan fingerprint density at radius 2 is 1.51 bits per heavy atom. The maximum absolute atomic E-state index is 14.9. The Labute approximate surface area is 249 Å². The van der Waals surface area contributed by atoms with E-state index in [1.165, 1.54) is 79.9 Å². The normalized spacial score (nSPS) is 11.3. The minimum Gasteiger partial charge on any atom is -0.493 e. The molecule has 4 N–H and O–H groups in total. The number of carbonyl (C=O) groups excluding carboxylic acids is 2. The molecule has 0 radical (unpaired) electrons. The fourth-order valence-electron chi connectivity index (χ4n) is 3.78. The number of hydrogen-bond donors (Lipinski definition) is 2. The van der Waals surface area contributed by atoms with Crippen molar-refractivity contribution >= 4 is 29.4 Å². The lowest BCUT2D eigenvalue weighted by molar-refractivity contribution is -0.185. The van der Waals surface area contributed by atoms with Crippen LogP contribution in [0.25, 0.3) is 6.08 Å². The number of halogens is 2. The summed E-state index contributed by atoms with van der Waals surface area (Å²) < 4.78 is 55.8. The predicted molar refractivity (Wildman–Crippen MR) is 159 cm³/mol. The van der Waals surface area contributed by atoms with Crippen molar-refractivity contribution in [3.63, 3.8) is 0 Å². The van der Waals surface area contributed by atoms with Crippen molar-refractivity contribution in [3.8, 4) is 17.2 Å². The highest BCUT2D eigenvalue weighted by Crippen LogP contribution is 2.37. The molecule has 0 saturated heterocycles. The number of ether oxygens (including phenoxy) is 5. The van der Waals surface area contributed by atoms with Crippen molar-refractivity contribution in [2.75, 3.05) is 38.4 Å². The van der Waals surface area contributed by atoms with Crippen LogP contribution in [0.1, 0.15) is 54.1 Å². The molecule has 0 amide bonds. The first kappa shape index (κ1) is 32.7. The Kier molecular flexibility index (Phi) is 12.2. The average Bonchev–Trinajstić information content (AvgIpc) is 2.98. The number of benzene rings is 3. The first-order valence-corrected chi connectivity index (χ1v) is 13.8. The van der Waals surface area contributed by atoms with Crippen molar-refractivity contribution in [1.29, 1.82) is 0 Å². The summed E-state index contributed by atoms with van der Waals surface area (Å²) in [7, 11) is 1.38. The quantitative estimate of drug-likeness (QED) is 0.0836. The fourth-order valence-corrected chi connectivity index (χ4v) is 3.78. The molecule has 0 unspecified atom stereocenters. The smallest absolute Gasteiger partial charge is 0.426 e. The summed E-state index contributed by atoms with van der Waals surface area (Å²) in [5.74, 6) is -0.608. The van der Waals surface area contributed by atoms with E-state index in [-0.39, 0.29) is 35.8 Å². The molecule has 0 saturated carbocycles. The van der Waals surface area contributed by atoms with E-state index in [2.05, 4.69) is 0 Å². The molecule has 43 heavy (non-hydrogen) atoms. The number of rotatable bonds is 16. The Balaban J connectivity index is 1.41. The third kappa shape index (κ3) is 10.5. The molecular weight excluding hydrogens is 562 g/mol. The molecule has 0 aliphatic rings. The number of anilines is 2. The van der Waals surface area contributed by atoms with Gasteiger partial charge in [0.25, 0.3) is 0 Å². The summed E-state index contributed by atoms with van der Waals surface area (Å²) in [5.41, 5.74) is 12.5. The Bertz CT molecular complexity index is 1370. The lowest BCUT2D eigenvalue weighted by Crippen LogP contribution is -2.22. The van der Waals surface area contributed by atoms with Crippen LogP contribution in [0.5, 0.6) is 17.2 Å². The molecule has 0 aromatic heterocycles. The standard InChI is InChI=1S/C32H36F2N2O7/c1-3-4-15-40-28-13-10-24(20-29(28)39-2)32(33,34)43-27-11-7-22(8-12-27)9-14-30(37)41-16-5-6-17-42-31(38)23-18-25(35)21-26(36)19-23/h7-14,18-21H,3-6,15-17,35-36H2,1-2H3/b14-9+. The van der Waals surface area contributed by atoms with Gasteiger partial charge < -0.3 is 35.2 Å². The van der Waals surface area contributed by atoms with E-state index in [1.54, 1.807) is 0 Å². The average molecular weight is 599 g/mol. The number of methoxy groups -OCH3 is 1. The van der Waals surface area contributed by atoms with Gasteiger partial charge in [0.2, 0.25) is 0 Å². The molecule has 0 fully saturated rings. The van der Waals surface area contributed by atoms with Crippen LogP contribution in [0, 0.1) is 0 Å². The van der Waals surface area contributed by atoms with Crippen LogP contribution in [-0.2, 0) is 20.4 Å². The second-order valence-corrected chi connectivity index (χ2v) is 9.49. The van der Waals surface area contributed by atoms with E-state index in [1.807, 2.05) is 6.92 Å². The van der Waals surface area contributed by atoms with Gasteiger partial charge in [0, 0.05) is 17.5 Å². The molecule has 0 atom stereocenters. The van der Waals surface area contributed by atoms with Crippen LogP contribution >= 0.6 is 0 Å². The van der Waals surface area contributed by atoms with Gasteiger partial charge in [-0.25, -0.2) is 9.59 Å². The SMILES string of the molecule is CCCCOc1ccc(C(F)(F)Oc2ccc(/C=C/C(=O)OCCCCOC(=O)c3cc(N)cc(N)c3)cc2)cc1OC. The van der Waals surface area contributed by atoms with Gasteiger partial charge in [0.05, 0.1) is 38.1 Å². The largest absolute Gasteiger partial charge is 0.493 e. The summed E-state index contributed by atoms with van der Waals surface area (Å²) in [6, 6.07) is 14.2. The van der Waals surface area contributed by atoms with E-state index in [0.29, 0.717) is 42.1 Å². The summed E-state index contributed by atoms with van der Waals surface area (Å²) in [5, 5.41) is 0. The summed E-state index contributed by atoms with van der Waals surface area (Å²) in [6.07, 6.45) is 1.83. The van der Waals surface area contributed by atoms with E-state index in [0.717, 1.165) is 12.8 Å². The Morgan fingerprint density at radius 1 is 0.837 bits per heavy atom. The zero-order valence-electron chi connectivity index (χ0n) is 24.1. The third-order valence-corrected chi connectivity index (χ3v) is 6.02.